The molecular formula is C22H32N2O2. The molecular weight excluding hydrogens is 324 g/mol. The van der Waals surface area contributed by atoms with Gasteiger partial charge in [-0.25, -0.2) is 4.98 Å². The maximum atomic E-state index is 6.45. The monoisotopic (exact) mass is 356 g/mol. The van der Waals surface area contributed by atoms with Crippen LogP contribution in [0, 0.1) is 19.3 Å². The Balaban J connectivity index is 1.75. The molecule has 4 nitrogen and oxygen atoms in total. The summed E-state index contributed by atoms with van der Waals surface area (Å²) in [6.45, 7) is 11.0. The summed E-state index contributed by atoms with van der Waals surface area (Å²) in [5.41, 5.74) is 4.12. The van der Waals surface area contributed by atoms with E-state index < -0.39 is 5.79 Å². The molecule has 0 aliphatic carbocycles. The maximum Gasteiger partial charge on any atom is 0.186 e. The summed E-state index contributed by atoms with van der Waals surface area (Å²) in [7, 11) is 0. The summed E-state index contributed by atoms with van der Waals surface area (Å²) in [5.74, 6) is -0.577. The summed E-state index contributed by atoms with van der Waals surface area (Å²) in [6, 6.07) is 6.75. The van der Waals surface area contributed by atoms with Crippen molar-refractivity contribution in [3.05, 3.63) is 53.6 Å². The van der Waals surface area contributed by atoms with Crippen molar-refractivity contribution in [3.8, 4) is 0 Å². The van der Waals surface area contributed by atoms with Crippen molar-refractivity contribution in [1.29, 1.82) is 0 Å². The molecule has 0 amide bonds. The average Bonchev–Trinajstić information content (AvgIpc) is 3.13. The van der Waals surface area contributed by atoms with Crippen molar-refractivity contribution >= 4 is 0 Å². The van der Waals surface area contributed by atoms with Gasteiger partial charge in [-0.15, -0.1) is 0 Å². The Morgan fingerprint density at radius 2 is 1.69 bits per heavy atom. The number of hydrogen-bond donors (Lipinski definition) is 0. The lowest BCUT2D eigenvalue weighted by atomic mass is 9.83. The molecule has 1 aliphatic heterocycles. The van der Waals surface area contributed by atoms with E-state index in [4.69, 9.17) is 9.47 Å². The Bertz CT molecular complexity index is 675. The first kappa shape index (κ1) is 19.1. The Hall–Kier alpha value is -1.65. The van der Waals surface area contributed by atoms with Gasteiger partial charge in [-0.1, -0.05) is 43.2 Å². The molecule has 2 aromatic rings. The van der Waals surface area contributed by atoms with E-state index in [9.17, 15) is 0 Å². The molecule has 4 heteroatoms. The van der Waals surface area contributed by atoms with Gasteiger partial charge in [0.2, 0.25) is 0 Å². The van der Waals surface area contributed by atoms with Crippen LogP contribution in [0.25, 0.3) is 0 Å². The Labute approximate surface area is 157 Å². The second-order valence-corrected chi connectivity index (χ2v) is 7.93. The predicted octanol–water partition coefficient (Wildman–Crippen LogP) is 4.68. The van der Waals surface area contributed by atoms with Crippen LogP contribution >= 0.6 is 0 Å². The van der Waals surface area contributed by atoms with Crippen LogP contribution in [0.3, 0.4) is 0 Å². The molecule has 3 rings (SSSR count). The summed E-state index contributed by atoms with van der Waals surface area (Å²) in [4.78, 5) is 4.17. The predicted molar refractivity (Wildman–Crippen MR) is 104 cm³/mol. The SMILES string of the molecule is CCC1(CC)COC(CCc2cc(C)cc(C)c2)(Cn2ccnc2)OC1. The number of hydrogen-bond acceptors (Lipinski definition) is 3. The van der Waals surface area contributed by atoms with Crippen molar-refractivity contribution in [2.45, 2.75) is 65.7 Å². The van der Waals surface area contributed by atoms with Crippen molar-refractivity contribution in [2.24, 2.45) is 5.41 Å². The largest absolute Gasteiger partial charge is 0.347 e. The third-order valence-corrected chi connectivity index (χ3v) is 5.84. The standard InChI is InChI=1S/C22H32N2O2/c1-5-21(6-2)15-25-22(26-16-21,14-24-10-9-23-17-24)8-7-20-12-18(3)11-19(4)13-20/h9-13,17H,5-8,14-16H2,1-4H3. The van der Waals surface area contributed by atoms with Gasteiger partial charge in [0, 0.05) is 24.2 Å². The van der Waals surface area contributed by atoms with Crippen LogP contribution in [0.4, 0.5) is 0 Å². The number of ether oxygens (including phenoxy) is 2. The van der Waals surface area contributed by atoms with Crippen LogP contribution < -0.4 is 0 Å². The second kappa shape index (κ2) is 7.93. The van der Waals surface area contributed by atoms with Gasteiger partial charge in [-0.2, -0.15) is 0 Å². The lowest BCUT2D eigenvalue weighted by Crippen LogP contribution is -2.51. The molecule has 2 heterocycles. The Kier molecular flexibility index (Phi) is 5.83. The van der Waals surface area contributed by atoms with Crippen LogP contribution in [0.1, 0.15) is 49.8 Å². The summed E-state index contributed by atoms with van der Waals surface area (Å²) in [6.07, 6.45) is 9.59. The van der Waals surface area contributed by atoms with Crippen LogP contribution in [0.15, 0.2) is 36.9 Å². The molecule has 1 aliphatic rings. The van der Waals surface area contributed by atoms with Crippen molar-refractivity contribution in [1.82, 2.24) is 9.55 Å². The fourth-order valence-electron chi connectivity index (χ4n) is 3.83. The molecule has 0 N–H and O–H groups in total. The molecule has 142 valence electrons. The topological polar surface area (TPSA) is 36.3 Å². The van der Waals surface area contributed by atoms with Gasteiger partial charge in [-0.3, -0.25) is 0 Å². The fourth-order valence-corrected chi connectivity index (χ4v) is 3.83. The third kappa shape index (κ3) is 4.36. The van der Waals surface area contributed by atoms with Crippen molar-refractivity contribution < 1.29 is 9.47 Å². The number of imidazole rings is 1. The average molecular weight is 357 g/mol. The van der Waals surface area contributed by atoms with E-state index in [1.807, 2.05) is 18.7 Å². The fraction of sp³-hybridized carbons (Fsp3) is 0.591. The Morgan fingerprint density at radius 1 is 1.04 bits per heavy atom. The van der Waals surface area contributed by atoms with E-state index in [2.05, 4.69) is 55.4 Å². The third-order valence-electron chi connectivity index (χ3n) is 5.84. The normalized spacial score (nSPS) is 18.8. The zero-order valence-electron chi connectivity index (χ0n) is 16.6. The van der Waals surface area contributed by atoms with Gasteiger partial charge in [0.1, 0.15) is 0 Å². The Morgan fingerprint density at radius 3 is 2.23 bits per heavy atom. The quantitative estimate of drug-likeness (QED) is 0.722. The minimum Gasteiger partial charge on any atom is -0.347 e. The van der Waals surface area contributed by atoms with Crippen LogP contribution in [0.2, 0.25) is 0 Å². The number of nitrogens with zero attached hydrogens (tertiary/aromatic N) is 2. The first-order valence-electron chi connectivity index (χ1n) is 9.79. The van der Waals surface area contributed by atoms with Gasteiger partial charge < -0.3 is 14.0 Å². The molecule has 1 aromatic carbocycles. The zero-order chi connectivity index (χ0) is 18.6. The van der Waals surface area contributed by atoms with Gasteiger partial charge >= 0.3 is 0 Å². The van der Waals surface area contributed by atoms with E-state index in [1.165, 1.54) is 16.7 Å². The number of rotatable bonds is 7. The van der Waals surface area contributed by atoms with Crippen LogP contribution in [-0.2, 0) is 22.4 Å². The number of aryl methyl sites for hydroxylation is 3. The second-order valence-electron chi connectivity index (χ2n) is 7.93. The molecule has 0 spiro atoms. The molecule has 0 bridgehead atoms. The van der Waals surface area contributed by atoms with E-state index in [0.29, 0.717) is 6.54 Å². The minimum absolute atomic E-state index is 0.151. The highest BCUT2D eigenvalue weighted by Crippen LogP contribution is 2.38. The smallest absolute Gasteiger partial charge is 0.186 e. The highest BCUT2D eigenvalue weighted by atomic mass is 16.7. The molecule has 0 atom stereocenters. The van der Waals surface area contributed by atoms with E-state index >= 15 is 0 Å². The first-order chi connectivity index (χ1) is 12.5. The maximum absolute atomic E-state index is 6.45. The number of benzene rings is 1. The van der Waals surface area contributed by atoms with Crippen molar-refractivity contribution in [2.75, 3.05) is 13.2 Å². The molecule has 26 heavy (non-hydrogen) atoms. The van der Waals surface area contributed by atoms with E-state index in [1.54, 1.807) is 0 Å². The molecule has 0 unspecified atom stereocenters. The van der Waals surface area contributed by atoms with E-state index in [0.717, 1.165) is 38.9 Å². The van der Waals surface area contributed by atoms with Crippen LogP contribution in [-0.4, -0.2) is 28.6 Å². The lowest BCUT2D eigenvalue weighted by Gasteiger charge is -2.46. The molecule has 0 saturated carbocycles. The van der Waals surface area contributed by atoms with Gasteiger partial charge in [0.15, 0.2) is 5.79 Å². The van der Waals surface area contributed by atoms with Crippen molar-refractivity contribution in [3.63, 3.8) is 0 Å². The number of aromatic nitrogens is 2. The lowest BCUT2D eigenvalue weighted by molar-refractivity contribution is -0.313. The van der Waals surface area contributed by atoms with Gasteiger partial charge in [0.25, 0.3) is 0 Å². The zero-order valence-corrected chi connectivity index (χ0v) is 16.6. The van der Waals surface area contributed by atoms with Gasteiger partial charge in [-0.05, 0) is 38.7 Å². The molecule has 1 saturated heterocycles. The summed E-state index contributed by atoms with van der Waals surface area (Å²) >= 11 is 0. The van der Waals surface area contributed by atoms with Crippen LogP contribution in [0.5, 0.6) is 0 Å². The first-order valence-corrected chi connectivity index (χ1v) is 9.79. The molecule has 1 aromatic heterocycles. The molecule has 0 radical (unpaired) electrons. The van der Waals surface area contributed by atoms with E-state index in [-0.39, 0.29) is 5.41 Å². The minimum atomic E-state index is -0.577. The molecule has 1 fully saturated rings. The highest BCUT2D eigenvalue weighted by Gasteiger charge is 2.43. The van der Waals surface area contributed by atoms with Gasteiger partial charge in [0.05, 0.1) is 26.1 Å². The summed E-state index contributed by atoms with van der Waals surface area (Å²) < 4.78 is 15.0. The highest BCUT2D eigenvalue weighted by molar-refractivity contribution is 5.28. The summed E-state index contributed by atoms with van der Waals surface area (Å²) in [5, 5.41) is 0.